The predicted molar refractivity (Wildman–Crippen MR) is 143 cm³/mol. The summed E-state index contributed by atoms with van der Waals surface area (Å²) in [4.78, 5) is 0. The Morgan fingerprint density at radius 2 is 1.37 bits per heavy atom. The number of ether oxygens (including phenoxy) is 2. The zero-order valence-corrected chi connectivity index (χ0v) is 21.5. The first-order chi connectivity index (χ1) is 18.4. The first-order valence-electron chi connectivity index (χ1n) is 13.1. The quantitative estimate of drug-likeness (QED) is 0.128. The highest BCUT2D eigenvalue weighted by Crippen LogP contribution is 2.25. The smallest absolute Gasteiger partial charge is 0.387 e. The maximum atomic E-state index is 15.2. The van der Waals surface area contributed by atoms with Crippen molar-refractivity contribution in [3.05, 3.63) is 107 Å². The number of aryl methyl sites for hydroxylation is 4. The highest BCUT2D eigenvalue weighted by atomic mass is 19.3. The minimum absolute atomic E-state index is 0.100. The highest BCUT2D eigenvalue weighted by Gasteiger charge is 2.11. The molecule has 0 atom stereocenters. The molecule has 0 radical (unpaired) electrons. The molecule has 0 amide bonds. The van der Waals surface area contributed by atoms with Gasteiger partial charge in [0.2, 0.25) is 0 Å². The van der Waals surface area contributed by atoms with Gasteiger partial charge in [0.1, 0.15) is 23.1 Å². The van der Waals surface area contributed by atoms with Gasteiger partial charge in [0.05, 0.1) is 6.61 Å². The summed E-state index contributed by atoms with van der Waals surface area (Å²) in [7, 11) is 0. The van der Waals surface area contributed by atoms with Crippen molar-refractivity contribution in [2.24, 2.45) is 0 Å². The second kappa shape index (κ2) is 13.3. The fraction of sp³-hybridized carbons (Fsp3) is 0.312. The van der Waals surface area contributed by atoms with E-state index in [1.54, 1.807) is 30.3 Å². The van der Waals surface area contributed by atoms with Crippen LogP contribution in [0.1, 0.15) is 48.4 Å². The Kier molecular flexibility index (Phi) is 9.63. The van der Waals surface area contributed by atoms with E-state index in [2.05, 4.69) is 11.7 Å². The third-order valence-corrected chi connectivity index (χ3v) is 6.65. The van der Waals surface area contributed by atoms with E-state index in [4.69, 9.17) is 4.74 Å². The van der Waals surface area contributed by atoms with E-state index in [0.717, 1.165) is 35.8 Å². The van der Waals surface area contributed by atoms with E-state index in [1.165, 1.54) is 18.2 Å². The van der Waals surface area contributed by atoms with E-state index >= 15 is 4.39 Å². The molecule has 0 N–H and O–H groups in total. The molecule has 200 valence electrons. The van der Waals surface area contributed by atoms with Crippen LogP contribution in [0.25, 0.3) is 10.8 Å². The lowest BCUT2D eigenvalue weighted by atomic mass is 9.97. The zero-order valence-electron chi connectivity index (χ0n) is 21.5. The molecule has 0 bridgehead atoms. The average Bonchev–Trinajstić information content (AvgIpc) is 2.91. The molecule has 0 saturated carbocycles. The second-order valence-corrected chi connectivity index (χ2v) is 9.43. The standard InChI is InChI=1S/C32H32F4O2/c1-2-3-4-19-37-28-17-14-24(30(33)21-28)10-6-23-9-18-29-26(20-23)13-12-25(31(29)34)11-5-22-7-15-27(16-8-22)38-32(35)36/h7-9,12-18,20-21,32H,2-6,10-11,19H2,1H3. The van der Waals surface area contributed by atoms with Crippen molar-refractivity contribution in [1.82, 2.24) is 0 Å². The molecular weight excluding hydrogens is 492 g/mol. The van der Waals surface area contributed by atoms with Crippen molar-refractivity contribution in [2.75, 3.05) is 6.61 Å². The zero-order chi connectivity index (χ0) is 26.9. The van der Waals surface area contributed by atoms with Crippen LogP contribution in [0, 0.1) is 11.6 Å². The van der Waals surface area contributed by atoms with Gasteiger partial charge >= 0.3 is 6.61 Å². The fourth-order valence-corrected chi connectivity index (χ4v) is 4.49. The molecule has 0 aliphatic carbocycles. The number of benzene rings is 4. The molecule has 6 heteroatoms. The van der Waals surface area contributed by atoms with Gasteiger partial charge in [-0.25, -0.2) is 8.78 Å². The van der Waals surface area contributed by atoms with Crippen molar-refractivity contribution in [3.63, 3.8) is 0 Å². The number of hydrogen-bond acceptors (Lipinski definition) is 2. The van der Waals surface area contributed by atoms with Gasteiger partial charge in [-0.3, -0.25) is 0 Å². The van der Waals surface area contributed by atoms with Gasteiger partial charge in [-0.2, -0.15) is 8.78 Å². The molecule has 0 spiro atoms. The Balaban J connectivity index is 1.35. The Hall–Kier alpha value is -3.54. The van der Waals surface area contributed by atoms with Gasteiger partial charge in [-0.05, 0) is 77.9 Å². The van der Waals surface area contributed by atoms with Crippen LogP contribution >= 0.6 is 0 Å². The molecule has 0 fully saturated rings. The number of fused-ring (bicyclic) bond motifs is 1. The van der Waals surface area contributed by atoms with Gasteiger partial charge < -0.3 is 9.47 Å². The molecule has 38 heavy (non-hydrogen) atoms. The van der Waals surface area contributed by atoms with Gasteiger partial charge in [0, 0.05) is 11.5 Å². The van der Waals surface area contributed by atoms with Crippen LogP contribution < -0.4 is 9.47 Å². The summed E-state index contributed by atoms with van der Waals surface area (Å²) in [5.41, 5.74) is 3.14. The number of alkyl halides is 2. The van der Waals surface area contributed by atoms with Gasteiger partial charge in [0.25, 0.3) is 0 Å². The van der Waals surface area contributed by atoms with Crippen LogP contribution in [0.5, 0.6) is 11.5 Å². The van der Waals surface area contributed by atoms with Crippen LogP contribution in [0.15, 0.2) is 72.8 Å². The minimum Gasteiger partial charge on any atom is -0.493 e. The van der Waals surface area contributed by atoms with Gasteiger partial charge in [0.15, 0.2) is 0 Å². The van der Waals surface area contributed by atoms with E-state index in [1.807, 2.05) is 24.3 Å². The van der Waals surface area contributed by atoms with Crippen LogP contribution in [-0.2, 0) is 25.7 Å². The normalized spacial score (nSPS) is 11.3. The number of halogens is 4. The summed E-state index contributed by atoms with van der Waals surface area (Å²) in [6, 6.07) is 20.7. The SMILES string of the molecule is CCCCCOc1ccc(CCc2ccc3c(F)c(CCc4ccc(OC(F)F)cc4)ccc3c2)c(F)c1. The van der Waals surface area contributed by atoms with E-state index in [9.17, 15) is 13.2 Å². The first kappa shape index (κ1) is 27.5. The van der Waals surface area contributed by atoms with Crippen molar-refractivity contribution >= 4 is 10.8 Å². The fourth-order valence-electron chi connectivity index (χ4n) is 4.49. The largest absolute Gasteiger partial charge is 0.493 e. The summed E-state index contributed by atoms with van der Waals surface area (Å²) in [6.45, 7) is -0.143. The Bertz CT molecular complexity index is 1340. The first-order valence-corrected chi connectivity index (χ1v) is 13.1. The lowest BCUT2D eigenvalue weighted by Crippen LogP contribution is -2.02. The molecule has 0 aliphatic heterocycles. The van der Waals surface area contributed by atoms with Gasteiger partial charge in [-0.1, -0.05) is 68.3 Å². The molecule has 0 saturated heterocycles. The maximum Gasteiger partial charge on any atom is 0.387 e. The molecule has 0 heterocycles. The topological polar surface area (TPSA) is 18.5 Å². The van der Waals surface area contributed by atoms with Crippen molar-refractivity contribution in [3.8, 4) is 11.5 Å². The molecule has 2 nitrogen and oxygen atoms in total. The minimum atomic E-state index is -2.86. The summed E-state index contributed by atoms with van der Waals surface area (Å²) in [5, 5.41) is 1.34. The van der Waals surface area contributed by atoms with E-state index in [0.29, 0.717) is 54.6 Å². The van der Waals surface area contributed by atoms with Crippen molar-refractivity contribution < 1.29 is 27.0 Å². The number of hydrogen-bond donors (Lipinski definition) is 0. The molecule has 0 aromatic heterocycles. The summed E-state index contributed by atoms with van der Waals surface area (Å²) >= 11 is 0. The predicted octanol–water partition coefficient (Wildman–Crippen LogP) is 8.86. The third kappa shape index (κ3) is 7.50. The summed E-state index contributed by atoms with van der Waals surface area (Å²) in [5.74, 6) is 0.123. The Morgan fingerprint density at radius 3 is 2.11 bits per heavy atom. The third-order valence-electron chi connectivity index (χ3n) is 6.65. The lowest BCUT2D eigenvalue weighted by Gasteiger charge is -2.10. The molecule has 0 aliphatic rings. The Labute approximate surface area is 221 Å². The molecule has 0 unspecified atom stereocenters. The van der Waals surface area contributed by atoms with Crippen molar-refractivity contribution in [1.29, 1.82) is 0 Å². The molecule has 4 aromatic rings. The second-order valence-electron chi connectivity index (χ2n) is 9.43. The highest BCUT2D eigenvalue weighted by molar-refractivity contribution is 5.84. The van der Waals surface area contributed by atoms with E-state index in [-0.39, 0.29) is 17.4 Å². The molecule has 4 aromatic carbocycles. The monoisotopic (exact) mass is 524 g/mol. The van der Waals surface area contributed by atoms with Crippen LogP contribution in [0.4, 0.5) is 17.6 Å². The lowest BCUT2D eigenvalue weighted by molar-refractivity contribution is -0.0498. The molecule has 4 rings (SSSR count). The summed E-state index contributed by atoms with van der Waals surface area (Å²) in [6.07, 6.45) is 5.39. The number of unbranched alkanes of at least 4 members (excludes halogenated alkanes) is 2. The maximum absolute atomic E-state index is 15.2. The van der Waals surface area contributed by atoms with Gasteiger partial charge in [-0.15, -0.1) is 0 Å². The van der Waals surface area contributed by atoms with Crippen molar-refractivity contribution in [2.45, 2.75) is 58.5 Å². The summed E-state index contributed by atoms with van der Waals surface area (Å²) < 4.78 is 64.4. The van der Waals surface area contributed by atoms with Crippen LogP contribution in [0.3, 0.4) is 0 Å². The van der Waals surface area contributed by atoms with E-state index < -0.39 is 6.61 Å². The average molecular weight is 525 g/mol. The molecular formula is C32H32F4O2. The van der Waals surface area contributed by atoms with Crippen LogP contribution in [0.2, 0.25) is 0 Å². The number of rotatable bonds is 13. The van der Waals surface area contributed by atoms with Crippen LogP contribution in [-0.4, -0.2) is 13.2 Å². The Morgan fingerprint density at radius 1 is 0.684 bits per heavy atom.